The number of hydrogen-bond donors (Lipinski definition) is 1. The van der Waals surface area contributed by atoms with E-state index in [1.807, 2.05) is 39.6 Å². The zero-order chi connectivity index (χ0) is 30.9. The molecule has 0 spiro atoms. The summed E-state index contributed by atoms with van der Waals surface area (Å²) in [6.07, 6.45) is -2.59. The van der Waals surface area contributed by atoms with Crippen LogP contribution in [-0.2, 0) is 9.59 Å². The average molecular weight is 610 g/mol. The highest BCUT2D eigenvalue weighted by Gasteiger charge is 2.43. The number of aromatic nitrogens is 1. The zero-order valence-electron chi connectivity index (χ0n) is 23.8. The van der Waals surface area contributed by atoms with Gasteiger partial charge in [-0.05, 0) is 45.0 Å². The molecule has 1 N–H and O–H groups in total. The van der Waals surface area contributed by atoms with Gasteiger partial charge in [0, 0.05) is 54.8 Å². The molecule has 2 aliphatic rings. The lowest BCUT2D eigenvalue weighted by Crippen LogP contribution is -2.55. The SMILES string of the molecule is CC(C)COc1ncc(-c2cc(NC(=O)C3C=NC(=O)C=C3C(F)(F)F)c(N3C[C@@H](C)N(C)[C@@H](C)C3)cc2F)cc1Cl. The summed E-state index contributed by atoms with van der Waals surface area (Å²) >= 11 is 6.36. The van der Waals surface area contributed by atoms with Gasteiger partial charge in [-0.25, -0.2) is 14.4 Å². The van der Waals surface area contributed by atoms with Crippen molar-refractivity contribution < 1.29 is 31.9 Å². The summed E-state index contributed by atoms with van der Waals surface area (Å²) in [4.78, 5) is 36.5. The molecule has 42 heavy (non-hydrogen) atoms. The second-order valence-corrected chi connectivity index (χ2v) is 11.4. The molecule has 2 aliphatic heterocycles. The summed E-state index contributed by atoms with van der Waals surface area (Å²) in [5.74, 6) is -4.30. The molecule has 0 bridgehead atoms. The van der Waals surface area contributed by atoms with E-state index in [2.05, 4.69) is 20.2 Å². The summed E-state index contributed by atoms with van der Waals surface area (Å²) in [5.41, 5.74) is -0.652. The minimum absolute atomic E-state index is 0.0214. The number of dihydropyridines is 1. The molecule has 13 heteroatoms. The molecule has 2 amide bonds. The first kappa shape index (κ1) is 31.4. The molecule has 3 atom stereocenters. The summed E-state index contributed by atoms with van der Waals surface area (Å²) in [5, 5.41) is 2.69. The third-order valence-corrected chi connectivity index (χ3v) is 7.56. The van der Waals surface area contributed by atoms with Crippen LogP contribution in [0.2, 0.25) is 5.02 Å². The second-order valence-electron chi connectivity index (χ2n) is 11.0. The van der Waals surface area contributed by atoms with Crippen LogP contribution in [0.15, 0.2) is 41.0 Å². The summed E-state index contributed by atoms with van der Waals surface area (Å²) in [6, 6.07) is 4.19. The highest BCUT2D eigenvalue weighted by atomic mass is 35.5. The third-order valence-electron chi connectivity index (χ3n) is 7.29. The van der Waals surface area contributed by atoms with E-state index in [1.165, 1.54) is 24.4 Å². The normalized spacial score (nSPS) is 21.5. The Hall–Kier alpha value is -3.51. The second kappa shape index (κ2) is 12.4. The van der Waals surface area contributed by atoms with Crippen molar-refractivity contribution in [2.24, 2.45) is 16.8 Å². The van der Waals surface area contributed by atoms with Crippen molar-refractivity contribution in [2.45, 2.75) is 46.0 Å². The van der Waals surface area contributed by atoms with E-state index >= 15 is 4.39 Å². The summed E-state index contributed by atoms with van der Waals surface area (Å²) < 4.78 is 62.4. The molecule has 0 radical (unpaired) electrons. The fraction of sp³-hybridized carbons (Fsp3) is 0.448. The van der Waals surface area contributed by atoms with Gasteiger partial charge in [0.05, 0.1) is 23.6 Å². The molecule has 1 aromatic heterocycles. The molecule has 1 saturated heterocycles. The maximum absolute atomic E-state index is 15.7. The number of hydrogen-bond acceptors (Lipinski definition) is 6. The number of anilines is 2. The van der Waals surface area contributed by atoms with E-state index in [4.69, 9.17) is 16.3 Å². The number of amides is 2. The number of ether oxygens (including phenoxy) is 1. The van der Waals surface area contributed by atoms with Crippen LogP contribution < -0.4 is 15.0 Å². The number of carbonyl (C=O) groups is 2. The summed E-state index contributed by atoms with van der Waals surface area (Å²) in [7, 11) is 1.97. The van der Waals surface area contributed by atoms with Gasteiger partial charge in [0.15, 0.2) is 0 Å². The van der Waals surface area contributed by atoms with Crippen molar-refractivity contribution in [3.8, 4) is 17.0 Å². The predicted octanol–water partition coefficient (Wildman–Crippen LogP) is 5.76. The van der Waals surface area contributed by atoms with Gasteiger partial charge in [0.1, 0.15) is 16.8 Å². The van der Waals surface area contributed by atoms with Crippen LogP contribution in [0.4, 0.5) is 28.9 Å². The van der Waals surface area contributed by atoms with Gasteiger partial charge in [0.25, 0.3) is 5.91 Å². The van der Waals surface area contributed by atoms with Gasteiger partial charge in [-0.1, -0.05) is 25.4 Å². The van der Waals surface area contributed by atoms with Gasteiger partial charge in [-0.15, -0.1) is 0 Å². The number of carbonyl (C=O) groups excluding carboxylic acids is 2. The molecule has 0 aliphatic carbocycles. The quantitative estimate of drug-likeness (QED) is 0.402. The smallest absolute Gasteiger partial charge is 0.414 e. The Morgan fingerprint density at radius 3 is 2.45 bits per heavy atom. The van der Waals surface area contributed by atoms with Gasteiger partial charge < -0.3 is 15.0 Å². The minimum atomic E-state index is -4.94. The van der Waals surface area contributed by atoms with Crippen molar-refractivity contribution in [1.29, 1.82) is 0 Å². The van der Waals surface area contributed by atoms with Crippen LogP contribution in [-0.4, -0.2) is 72.9 Å². The van der Waals surface area contributed by atoms with Crippen molar-refractivity contribution in [3.05, 3.63) is 46.9 Å². The molecule has 1 unspecified atom stereocenters. The van der Waals surface area contributed by atoms with Crippen LogP contribution >= 0.6 is 11.6 Å². The van der Waals surface area contributed by atoms with Crippen LogP contribution in [0.25, 0.3) is 11.1 Å². The van der Waals surface area contributed by atoms with Gasteiger partial charge in [0.2, 0.25) is 11.8 Å². The van der Waals surface area contributed by atoms with Crippen LogP contribution in [0.5, 0.6) is 5.88 Å². The fourth-order valence-corrected chi connectivity index (χ4v) is 5.06. The average Bonchev–Trinajstić information content (AvgIpc) is 2.90. The number of halogens is 5. The number of rotatable bonds is 7. The van der Waals surface area contributed by atoms with Gasteiger partial charge in [-0.2, -0.15) is 13.2 Å². The number of benzene rings is 1. The monoisotopic (exact) mass is 609 g/mol. The van der Waals surface area contributed by atoms with Gasteiger partial charge in [-0.3, -0.25) is 14.5 Å². The molecule has 8 nitrogen and oxygen atoms in total. The van der Waals surface area contributed by atoms with E-state index in [0.717, 1.165) is 0 Å². The standard InChI is InChI=1S/C29H32ClF4N5O3/c1-15(2)14-42-28-22(30)6-18(10-36-28)19-7-24(25(9-23(19)31)39-12-16(3)38(5)17(4)13-39)37-27(41)20-11-35-26(40)8-21(20)29(32,33)34/h6-11,15-17,20H,12-14H2,1-5H3,(H,37,41)/t16-,17+,20?. The molecular formula is C29H32ClF4N5O3. The van der Waals surface area contributed by atoms with Crippen molar-refractivity contribution >= 4 is 41.0 Å². The van der Waals surface area contributed by atoms with Crippen molar-refractivity contribution in [1.82, 2.24) is 9.88 Å². The molecule has 3 heterocycles. The molecular weight excluding hydrogens is 578 g/mol. The Balaban J connectivity index is 1.76. The number of nitrogens with one attached hydrogen (secondary N) is 1. The molecule has 0 saturated carbocycles. The Kier molecular flexibility index (Phi) is 9.27. The Labute approximate surface area is 246 Å². The van der Waals surface area contributed by atoms with Crippen LogP contribution in [0.3, 0.4) is 0 Å². The van der Waals surface area contributed by atoms with E-state index in [0.29, 0.717) is 37.7 Å². The fourth-order valence-electron chi connectivity index (χ4n) is 4.84. The van der Waals surface area contributed by atoms with E-state index < -0.39 is 35.3 Å². The molecule has 1 aromatic carbocycles. The van der Waals surface area contributed by atoms with E-state index in [1.54, 1.807) is 0 Å². The topological polar surface area (TPSA) is 87.1 Å². The largest absolute Gasteiger partial charge is 0.476 e. The zero-order valence-corrected chi connectivity index (χ0v) is 24.6. The highest BCUT2D eigenvalue weighted by Crippen LogP contribution is 2.39. The first-order valence-electron chi connectivity index (χ1n) is 13.4. The minimum Gasteiger partial charge on any atom is -0.476 e. The number of alkyl halides is 3. The van der Waals surface area contributed by atoms with E-state index in [9.17, 15) is 22.8 Å². The van der Waals surface area contributed by atoms with Crippen LogP contribution in [0.1, 0.15) is 27.7 Å². The number of likely N-dealkylation sites (N-methyl/N-ethyl adjacent to an activating group) is 1. The Morgan fingerprint density at radius 1 is 1.19 bits per heavy atom. The van der Waals surface area contributed by atoms with Crippen molar-refractivity contribution in [2.75, 3.05) is 37.0 Å². The predicted molar refractivity (Wildman–Crippen MR) is 154 cm³/mol. The number of piperazine rings is 1. The Morgan fingerprint density at radius 2 is 1.86 bits per heavy atom. The molecule has 1 fully saturated rings. The first-order chi connectivity index (χ1) is 19.6. The third kappa shape index (κ3) is 6.92. The maximum Gasteiger partial charge on any atom is 0.414 e. The van der Waals surface area contributed by atoms with Gasteiger partial charge >= 0.3 is 6.18 Å². The lowest BCUT2D eigenvalue weighted by Gasteiger charge is -2.44. The number of nitrogens with zero attached hydrogens (tertiary/aromatic N) is 4. The Bertz CT molecular complexity index is 1420. The first-order valence-corrected chi connectivity index (χ1v) is 13.8. The molecule has 226 valence electrons. The highest BCUT2D eigenvalue weighted by molar-refractivity contribution is 6.32. The molecule has 2 aromatic rings. The van der Waals surface area contributed by atoms with E-state index in [-0.39, 0.29) is 45.7 Å². The maximum atomic E-state index is 15.7. The lowest BCUT2D eigenvalue weighted by molar-refractivity contribution is -0.124. The van der Waals surface area contributed by atoms with Crippen molar-refractivity contribution in [3.63, 3.8) is 0 Å². The summed E-state index contributed by atoms with van der Waals surface area (Å²) in [6.45, 7) is 9.24. The number of aliphatic imine (C=N–C) groups is 1. The lowest BCUT2D eigenvalue weighted by atomic mass is 9.95. The molecule has 4 rings (SSSR count). The number of pyridine rings is 1. The van der Waals surface area contributed by atoms with Crippen LogP contribution in [0, 0.1) is 17.7 Å².